The molecular formula is C7H11NO3. The van der Waals surface area contributed by atoms with Crippen LogP contribution in [0.25, 0.3) is 0 Å². The molecule has 0 saturated carbocycles. The highest BCUT2D eigenvalue weighted by Crippen LogP contribution is 2.27. The zero-order valence-electron chi connectivity index (χ0n) is 6.12. The van der Waals surface area contributed by atoms with Gasteiger partial charge in [0, 0.05) is 18.5 Å². The average Bonchev–Trinajstić information content (AvgIpc) is 2.41. The van der Waals surface area contributed by atoms with E-state index in [1.807, 2.05) is 0 Å². The number of fused-ring (bicyclic) bond motifs is 1. The first kappa shape index (κ1) is 7.06. The number of hydrogen-bond donors (Lipinski definition) is 2. The second-order valence-corrected chi connectivity index (χ2v) is 3.16. The summed E-state index contributed by atoms with van der Waals surface area (Å²) in [5.74, 6) is -0.731. The van der Waals surface area contributed by atoms with Crippen molar-refractivity contribution in [3.05, 3.63) is 0 Å². The van der Waals surface area contributed by atoms with Gasteiger partial charge >= 0.3 is 5.97 Å². The molecule has 0 spiro atoms. The number of aliphatic carboxylic acids is 1. The Hall–Kier alpha value is -0.610. The SMILES string of the molecule is O=C(O)C1CNC2COCC21. The summed E-state index contributed by atoms with van der Waals surface area (Å²) in [7, 11) is 0. The minimum atomic E-state index is -0.699. The lowest BCUT2D eigenvalue weighted by molar-refractivity contribution is -0.142. The van der Waals surface area contributed by atoms with Crippen molar-refractivity contribution in [1.82, 2.24) is 5.32 Å². The molecule has 2 heterocycles. The molecule has 2 aliphatic rings. The number of ether oxygens (including phenoxy) is 1. The molecule has 4 heteroatoms. The molecular weight excluding hydrogens is 146 g/mol. The molecule has 0 bridgehead atoms. The van der Waals surface area contributed by atoms with E-state index in [1.54, 1.807) is 0 Å². The van der Waals surface area contributed by atoms with Crippen LogP contribution in [-0.2, 0) is 9.53 Å². The highest BCUT2D eigenvalue weighted by atomic mass is 16.5. The molecule has 3 atom stereocenters. The molecule has 0 aromatic rings. The van der Waals surface area contributed by atoms with Crippen molar-refractivity contribution in [2.45, 2.75) is 6.04 Å². The van der Waals surface area contributed by atoms with E-state index in [0.29, 0.717) is 19.8 Å². The normalized spacial score (nSPS) is 42.4. The first-order valence-corrected chi connectivity index (χ1v) is 3.83. The van der Waals surface area contributed by atoms with Gasteiger partial charge < -0.3 is 15.2 Å². The molecule has 4 nitrogen and oxygen atoms in total. The molecule has 0 aromatic heterocycles. The van der Waals surface area contributed by atoms with E-state index in [-0.39, 0.29) is 17.9 Å². The van der Waals surface area contributed by atoms with Crippen LogP contribution in [0.1, 0.15) is 0 Å². The second-order valence-electron chi connectivity index (χ2n) is 3.16. The Kier molecular flexibility index (Phi) is 1.58. The van der Waals surface area contributed by atoms with Crippen LogP contribution in [0.3, 0.4) is 0 Å². The van der Waals surface area contributed by atoms with Gasteiger partial charge in [-0.05, 0) is 0 Å². The molecule has 2 aliphatic heterocycles. The fraction of sp³-hybridized carbons (Fsp3) is 0.857. The summed E-state index contributed by atoms with van der Waals surface area (Å²) >= 11 is 0. The molecule has 62 valence electrons. The maximum Gasteiger partial charge on any atom is 0.308 e. The Morgan fingerprint density at radius 2 is 2.36 bits per heavy atom. The summed E-state index contributed by atoms with van der Waals surface area (Å²) in [6, 6.07) is 0.288. The molecule has 0 aliphatic carbocycles. The van der Waals surface area contributed by atoms with Gasteiger partial charge in [-0.2, -0.15) is 0 Å². The molecule has 2 fully saturated rings. The third kappa shape index (κ3) is 1.02. The second kappa shape index (κ2) is 2.46. The minimum Gasteiger partial charge on any atom is -0.481 e. The van der Waals surface area contributed by atoms with Crippen molar-refractivity contribution in [1.29, 1.82) is 0 Å². The van der Waals surface area contributed by atoms with Gasteiger partial charge in [0.15, 0.2) is 0 Å². The smallest absolute Gasteiger partial charge is 0.308 e. The van der Waals surface area contributed by atoms with Gasteiger partial charge in [-0.25, -0.2) is 0 Å². The molecule has 2 N–H and O–H groups in total. The minimum absolute atomic E-state index is 0.201. The lowest BCUT2D eigenvalue weighted by atomic mass is 9.94. The van der Waals surface area contributed by atoms with Crippen molar-refractivity contribution in [3.8, 4) is 0 Å². The van der Waals surface area contributed by atoms with E-state index in [4.69, 9.17) is 9.84 Å². The van der Waals surface area contributed by atoms with Crippen molar-refractivity contribution in [2.75, 3.05) is 19.8 Å². The maximum atomic E-state index is 10.6. The van der Waals surface area contributed by atoms with Crippen molar-refractivity contribution < 1.29 is 14.6 Å². The van der Waals surface area contributed by atoms with Crippen LogP contribution >= 0.6 is 0 Å². The molecule has 11 heavy (non-hydrogen) atoms. The fourth-order valence-corrected chi connectivity index (χ4v) is 1.88. The summed E-state index contributed by atoms with van der Waals surface area (Å²) in [5, 5.41) is 11.9. The van der Waals surface area contributed by atoms with Crippen LogP contribution < -0.4 is 5.32 Å². The third-order valence-electron chi connectivity index (χ3n) is 2.56. The fourth-order valence-electron chi connectivity index (χ4n) is 1.88. The number of rotatable bonds is 1. The van der Waals surface area contributed by atoms with Crippen LogP contribution in [0.4, 0.5) is 0 Å². The van der Waals surface area contributed by atoms with Crippen LogP contribution in [-0.4, -0.2) is 36.9 Å². The Balaban J connectivity index is 2.08. The van der Waals surface area contributed by atoms with Gasteiger partial charge in [-0.15, -0.1) is 0 Å². The van der Waals surface area contributed by atoms with E-state index in [0.717, 1.165) is 0 Å². The Labute approximate surface area is 64.5 Å². The summed E-state index contributed by atoms with van der Waals surface area (Å²) in [4.78, 5) is 10.6. The monoisotopic (exact) mass is 157 g/mol. The zero-order chi connectivity index (χ0) is 7.84. The largest absolute Gasteiger partial charge is 0.481 e. The van der Waals surface area contributed by atoms with E-state index in [2.05, 4.69) is 5.32 Å². The standard InChI is InChI=1S/C7H11NO3/c9-7(10)4-1-8-6-3-11-2-5(4)6/h4-6,8H,1-3H2,(H,9,10). The van der Waals surface area contributed by atoms with Crippen LogP contribution in [0.5, 0.6) is 0 Å². The number of carbonyl (C=O) groups is 1. The number of hydrogen-bond acceptors (Lipinski definition) is 3. The van der Waals surface area contributed by atoms with E-state index >= 15 is 0 Å². The van der Waals surface area contributed by atoms with Crippen molar-refractivity contribution >= 4 is 5.97 Å². The Morgan fingerprint density at radius 3 is 3.09 bits per heavy atom. The highest BCUT2D eigenvalue weighted by Gasteiger charge is 2.43. The maximum absolute atomic E-state index is 10.6. The van der Waals surface area contributed by atoms with Crippen LogP contribution in [0.2, 0.25) is 0 Å². The predicted molar refractivity (Wildman–Crippen MR) is 37.2 cm³/mol. The topological polar surface area (TPSA) is 58.6 Å². The number of carboxylic acids is 1. The predicted octanol–water partition coefficient (Wildman–Crippen LogP) is -0.695. The lowest BCUT2D eigenvalue weighted by Gasteiger charge is -2.09. The van der Waals surface area contributed by atoms with Crippen molar-refractivity contribution in [2.24, 2.45) is 11.8 Å². The summed E-state index contributed by atoms with van der Waals surface area (Å²) in [6.07, 6.45) is 0. The molecule has 0 amide bonds. The molecule has 0 radical (unpaired) electrons. The van der Waals surface area contributed by atoms with Crippen LogP contribution in [0.15, 0.2) is 0 Å². The summed E-state index contributed by atoms with van der Waals surface area (Å²) < 4.78 is 5.17. The van der Waals surface area contributed by atoms with E-state index in [9.17, 15) is 4.79 Å². The Morgan fingerprint density at radius 1 is 1.55 bits per heavy atom. The van der Waals surface area contributed by atoms with Gasteiger partial charge in [0.2, 0.25) is 0 Å². The van der Waals surface area contributed by atoms with E-state index in [1.165, 1.54) is 0 Å². The molecule has 0 aromatic carbocycles. The number of carboxylic acid groups (broad SMARTS) is 1. The van der Waals surface area contributed by atoms with Gasteiger partial charge in [0.25, 0.3) is 0 Å². The van der Waals surface area contributed by atoms with Crippen molar-refractivity contribution in [3.63, 3.8) is 0 Å². The summed E-state index contributed by atoms with van der Waals surface area (Å²) in [6.45, 7) is 1.89. The molecule has 2 saturated heterocycles. The Bertz CT molecular complexity index is 183. The van der Waals surface area contributed by atoms with E-state index < -0.39 is 5.97 Å². The zero-order valence-corrected chi connectivity index (χ0v) is 6.12. The van der Waals surface area contributed by atoms with Gasteiger partial charge in [0.05, 0.1) is 19.1 Å². The van der Waals surface area contributed by atoms with Gasteiger partial charge in [-0.3, -0.25) is 4.79 Å². The molecule has 3 unspecified atom stereocenters. The first-order valence-electron chi connectivity index (χ1n) is 3.83. The quantitative estimate of drug-likeness (QED) is 0.528. The number of nitrogens with one attached hydrogen (secondary N) is 1. The first-order chi connectivity index (χ1) is 5.29. The van der Waals surface area contributed by atoms with Gasteiger partial charge in [-0.1, -0.05) is 0 Å². The van der Waals surface area contributed by atoms with Gasteiger partial charge in [0.1, 0.15) is 0 Å². The average molecular weight is 157 g/mol. The summed E-state index contributed by atoms with van der Waals surface area (Å²) in [5.41, 5.74) is 0. The highest BCUT2D eigenvalue weighted by molar-refractivity contribution is 5.71. The van der Waals surface area contributed by atoms with Crippen LogP contribution in [0, 0.1) is 11.8 Å². The lowest BCUT2D eigenvalue weighted by Crippen LogP contribution is -2.26. The molecule has 2 rings (SSSR count). The third-order valence-corrected chi connectivity index (χ3v) is 2.56.